The van der Waals surface area contributed by atoms with Gasteiger partial charge in [-0.1, -0.05) is 17.7 Å². The van der Waals surface area contributed by atoms with E-state index in [9.17, 15) is 14.0 Å². The minimum Gasteiger partial charge on any atom is -0.491 e. The van der Waals surface area contributed by atoms with Crippen molar-refractivity contribution in [3.8, 4) is 11.6 Å². The van der Waals surface area contributed by atoms with Crippen molar-refractivity contribution in [1.82, 2.24) is 14.9 Å². The van der Waals surface area contributed by atoms with Crippen LogP contribution in [0.2, 0.25) is 5.02 Å². The molecule has 0 saturated carbocycles. The second kappa shape index (κ2) is 7.85. The van der Waals surface area contributed by atoms with Crippen LogP contribution < -0.4 is 20.3 Å². The van der Waals surface area contributed by atoms with Crippen molar-refractivity contribution in [1.29, 1.82) is 0 Å². The van der Waals surface area contributed by atoms with Crippen LogP contribution in [-0.4, -0.2) is 36.7 Å². The predicted octanol–water partition coefficient (Wildman–Crippen LogP) is 2.61. The Hall–Kier alpha value is -3.13. The highest BCUT2D eigenvalue weighted by Crippen LogP contribution is 2.33. The number of aromatic nitrogens is 2. The Labute approximate surface area is 164 Å². The Morgan fingerprint density at radius 3 is 2.64 bits per heavy atom. The molecule has 0 aliphatic carbocycles. The van der Waals surface area contributed by atoms with Gasteiger partial charge in [0, 0.05) is 18.6 Å². The minimum atomic E-state index is -0.538. The molecular formula is C19H17ClFN3O4. The third kappa shape index (κ3) is 3.38. The second-order valence-corrected chi connectivity index (χ2v) is 6.28. The molecule has 0 radical (unpaired) electrons. The molecule has 3 rings (SSSR count). The number of carbonyl (C=O) groups is 1. The number of halogens is 2. The molecule has 0 saturated heterocycles. The fraction of sp³-hybridized carbons (Fsp3) is 0.211. The first kappa shape index (κ1) is 19.6. The van der Waals surface area contributed by atoms with Crippen LogP contribution in [0.1, 0.15) is 16.1 Å². The first-order valence-corrected chi connectivity index (χ1v) is 8.60. The molecule has 0 unspecified atom stereocenters. The van der Waals surface area contributed by atoms with Crippen molar-refractivity contribution in [3.05, 3.63) is 62.9 Å². The lowest BCUT2D eigenvalue weighted by Gasteiger charge is -2.14. The Balaban J connectivity index is 2.25. The average Bonchev–Trinajstić information content (AvgIpc) is 2.70. The van der Waals surface area contributed by atoms with Crippen LogP contribution in [0.4, 0.5) is 4.39 Å². The van der Waals surface area contributed by atoms with E-state index in [4.69, 9.17) is 21.1 Å². The minimum absolute atomic E-state index is 0.0216. The zero-order valence-corrected chi connectivity index (χ0v) is 16.1. The Morgan fingerprint density at radius 2 is 2.04 bits per heavy atom. The number of nitrogens with zero attached hydrogens (tertiary/aromatic N) is 2. The van der Waals surface area contributed by atoms with Gasteiger partial charge in [0.25, 0.3) is 17.3 Å². The number of carbonyl (C=O) groups excluding carboxylic acids is 1. The van der Waals surface area contributed by atoms with E-state index in [0.717, 1.165) is 0 Å². The van der Waals surface area contributed by atoms with Gasteiger partial charge in [0.2, 0.25) is 0 Å². The van der Waals surface area contributed by atoms with E-state index < -0.39 is 17.3 Å². The van der Waals surface area contributed by atoms with Gasteiger partial charge in [-0.3, -0.25) is 9.59 Å². The molecule has 1 N–H and O–H groups in total. The van der Waals surface area contributed by atoms with Gasteiger partial charge < -0.3 is 19.4 Å². The van der Waals surface area contributed by atoms with E-state index in [1.807, 2.05) is 0 Å². The number of benzene rings is 1. The largest absolute Gasteiger partial charge is 0.491 e. The molecule has 146 valence electrons. The highest BCUT2D eigenvalue weighted by atomic mass is 35.5. The number of nitrogens with one attached hydrogen (secondary N) is 1. The molecule has 0 atom stereocenters. The molecule has 7 nitrogen and oxygen atoms in total. The molecule has 2 aromatic heterocycles. The van der Waals surface area contributed by atoms with Crippen molar-refractivity contribution >= 4 is 28.3 Å². The van der Waals surface area contributed by atoms with Gasteiger partial charge >= 0.3 is 0 Å². The smallest absolute Gasteiger partial charge is 0.270 e. The van der Waals surface area contributed by atoms with Crippen LogP contribution >= 0.6 is 11.6 Å². The molecule has 3 aromatic rings. The standard InChI is InChI=1S/C19H17ClFN3O4/c1-22-17(25)15-11-6-7-24(9-10-4-5-13(21)12(20)8-10)19(26)14(11)16(27-2)18(23-15)28-3/h4-8H,9H2,1-3H3,(H,22,25). The van der Waals surface area contributed by atoms with Crippen LogP contribution in [-0.2, 0) is 6.54 Å². The summed E-state index contributed by atoms with van der Waals surface area (Å²) >= 11 is 5.82. The first-order chi connectivity index (χ1) is 13.4. The highest BCUT2D eigenvalue weighted by Gasteiger charge is 2.22. The number of fused-ring (bicyclic) bond motifs is 1. The molecule has 1 amide bonds. The molecule has 0 fully saturated rings. The Bertz CT molecular complexity index is 1130. The highest BCUT2D eigenvalue weighted by molar-refractivity contribution is 6.30. The third-order valence-electron chi connectivity index (χ3n) is 4.23. The molecule has 0 aliphatic rings. The van der Waals surface area contributed by atoms with Crippen LogP contribution in [0.5, 0.6) is 11.6 Å². The van der Waals surface area contributed by atoms with Crippen molar-refractivity contribution in [2.75, 3.05) is 21.3 Å². The maximum absolute atomic E-state index is 13.4. The van der Waals surface area contributed by atoms with Gasteiger partial charge in [0.1, 0.15) is 11.5 Å². The van der Waals surface area contributed by atoms with E-state index in [1.165, 1.54) is 50.2 Å². The van der Waals surface area contributed by atoms with E-state index >= 15 is 0 Å². The third-order valence-corrected chi connectivity index (χ3v) is 4.52. The summed E-state index contributed by atoms with van der Waals surface area (Å²) in [5, 5.41) is 2.95. The summed E-state index contributed by atoms with van der Waals surface area (Å²) in [6, 6.07) is 5.83. The first-order valence-electron chi connectivity index (χ1n) is 8.22. The molecule has 1 aromatic carbocycles. The number of hydrogen-bond donors (Lipinski definition) is 1. The number of hydrogen-bond acceptors (Lipinski definition) is 5. The van der Waals surface area contributed by atoms with Gasteiger partial charge in [-0.2, -0.15) is 0 Å². The lowest BCUT2D eigenvalue weighted by molar-refractivity contribution is 0.0959. The molecule has 0 bridgehead atoms. The number of amides is 1. The number of rotatable bonds is 5. The van der Waals surface area contributed by atoms with Gasteiger partial charge in [-0.15, -0.1) is 0 Å². The average molecular weight is 406 g/mol. The van der Waals surface area contributed by atoms with Crippen LogP contribution in [0, 0.1) is 5.82 Å². The molecule has 0 spiro atoms. The number of pyridine rings is 2. The molecule has 0 aliphatic heterocycles. The van der Waals surface area contributed by atoms with Crippen LogP contribution in [0.25, 0.3) is 10.8 Å². The Kier molecular flexibility index (Phi) is 5.51. The maximum atomic E-state index is 13.4. The van der Waals surface area contributed by atoms with Gasteiger partial charge in [-0.25, -0.2) is 9.37 Å². The fourth-order valence-electron chi connectivity index (χ4n) is 2.89. The quantitative estimate of drug-likeness (QED) is 0.705. The summed E-state index contributed by atoms with van der Waals surface area (Å²) < 4.78 is 25.3. The molecule has 2 heterocycles. The predicted molar refractivity (Wildman–Crippen MR) is 103 cm³/mol. The molecular weight excluding hydrogens is 389 g/mol. The Morgan fingerprint density at radius 1 is 1.29 bits per heavy atom. The zero-order valence-electron chi connectivity index (χ0n) is 15.4. The SMILES string of the molecule is CNC(=O)c1nc(OC)c(OC)c2c(=O)n(Cc3ccc(F)c(Cl)c3)ccc12. The van der Waals surface area contributed by atoms with Crippen molar-refractivity contribution < 1.29 is 18.7 Å². The fourth-order valence-corrected chi connectivity index (χ4v) is 3.09. The van der Waals surface area contributed by atoms with Crippen molar-refractivity contribution in [3.63, 3.8) is 0 Å². The van der Waals surface area contributed by atoms with Crippen molar-refractivity contribution in [2.45, 2.75) is 6.54 Å². The summed E-state index contributed by atoms with van der Waals surface area (Å²) in [5.41, 5.74) is 0.268. The van der Waals surface area contributed by atoms with Crippen LogP contribution in [0.3, 0.4) is 0 Å². The number of ether oxygens (including phenoxy) is 2. The molecule has 9 heteroatoms. The van der Waals surface area contributed by atoms with E-state index in [2.05, 4.69) is 10.3 Å². The zero-order chi connectivity index (χ0) is 20.4. The van der Waals surface area contributed by atoms with Gasteiger partial charge in [-0.05, 0) is 23.8 Å². The van der Waals surface area contributed by atoms with E-state index in [1.54, 1.807) is 6.07 Å². The number of methoxy groups -OCH3 is 2. The van der Waals surface area contributed by atoms with E-state index in [-0.39, 0.29) is 34.3 Å². The summed E-state index contributed by atoms with van der Waals surface area (Å²) in [4.78, 5) is 29.5. The summed E-state index contributed by atoms with van der Waals surface area (Å²) in [6.45, 7) is 0.151. The van der Waals surface area contributed by atoms with Gasteiger partial charge in [0.15, 0.2) is 5.75 Å². The van der Waals surface area contributed by atoms with Crippen LogP contribution in [0.15, 0.2) is 35.3 Å². The van der Waals surface area contributed by atoms with Crippen molar-refractivity contribution in [2.24, 2.45) is 0 Å². The molecule has 28 heavy (non-hydrogen) atoms. The lowest BCUT2D eigenvalue weighted by atomic mass is 10.1. The lowest BCUT2D eigenvalue weighted by Crippen LogP contribution is -2.24. The topological polar surface area (TPSA) is 82.5 Å². The van der Waals surface area contributed by atoms with Gasteiger partial charge in [0.05, 0.1) is 31.2 Å². The second-order valence-electron chi connectivity index (χ2n) is 5.87. The normalized spacial score (nSPS) is 10.8. The monoisotopic (exact) mass is 405 g/mol. The summed E-state index contributed by atoms with van der Waals surface area (Å²) in [6.07, 6.45) is 1.53. The summed E-state index contributed by atoms with van der Waals surface area (Å²) in [5.74, 6) is -0.854. The maximum Gasteiger partial charge on any atom is 0.270 e. The summed E-state index contributed by atoms with van der Waals surface area (Å²) in [7, 11) is 4.22. The van der Waals surface area contributed by atoms with E-state index in [0.29, 0.717) is 10.9 Å².